The van der Waals surface area contributed by atoms with Crippen molar-refractivity contribution < 1.29 is 0 Å². The van der Waals surface area contributed by atoms with Crippen molar-refractivity contribution in [3.05, 3.63) is 30.6 Å². The number of piperidine rings is 1. The van der Waals surface area contributed by atoms with Crippen LogP contribution in [0.25, 0.3) is 5.69 Å². The molecular formula is C15H20N6. The molecule has 2 atom stereocenters. The largest absolute Gasteiger partial charge is 0.382 e. The third-order valence-electron chi connectivity index (χ3n) is 4.95. The van der Waals surface area contributed by atoms with Gasteiger partial charge in [-0.3, -0.25) is 0 Å². The maximum atomic E-state index is 3.90. The number of tetrazole rings is 1. The van der Waals surface area contributed by atoms with Crippen LogP contribution in [0.4, 0.5) is 5.69 Å². The lowest BCUT2D eigenvalue weighted by Crippen LogP contribution is -2.44. The van der Waals surface area contributed by atoms with Crippen molar-refractivity contribution in [2.45, 2.75) is 43.8 Å². The van der Waals surface area contributed by atoms with Crippen LogP contribution in [-0.4, -0.2) is 50.3 Å². The number of fused-ring (bicyclic) bond motifs is 2. The number of hydrogen-bond acceptors (Lipinski definition) is 5. The summed E-state index contributed by atoms with van der Waals surface area (Å²) in [6.45, 7) is 0. The minimum atomic E-state index is 0.595. The predicted octanol–water partition coefficient (Wildman–Crippen LogP) is 1.70. The molecule has 6 heteroatoms. The first-order valence-electron chi connectivity index (χ1n) is 7.61. The standard InChI is InChI=1S/C15H20N6/c1-20-14-6-7-15(20)9-12(8-14)17-11-2-4-13(5-3-11)21-10-16-18-19-21/h2-5,10,12,14-15,17H,6-9H2,1H3. The fourth-order valence-electron chi connectivity index (χ4n) is 3.76. The van der Waals surface area contributed by atoms with Crippen LogP contribution >= 0.6 is 0 Å². The monoisotopic (exact) mass is 284 g/mol. The van der Waals surface area contributed by atoms with E-state index in [9.17, 15) is 0 Å². The molecule has 4 rings (SSSR count). The lowest BCUT2D eigenvalue weighted by Gasteiger charge is -2.37. The normalized spacial score (nSPS) is 28.7. The maximum absolute atomic E-state index is 3.90. The first-order chi connectivity index (χ1) is 10.3. The van der Waals surface area contributed by atoms with E-state index in [1.54, 1.807) is 11.0 Å². The van der Waals surface area contributed by atoms with Crippen LogP contribution in [0.15, 0.2) is 30.6 Å². The van der Waals surface area contributed by atoms with Crippen LogP contribution in [0.5, 0.6) is 0 Å². The van der Waals surface area contributed by atoms with E-state index in [4.69, 9.17) is 0 Å². The van der Waals surface area contributed by atoms with Crippen LogP contribution in [0.3, 0.4) is 0 Å². The van der Waals surface area contributed by atoms with Crippen molar-refractivity contribution in [3.8, 4) is 5.69 Å². The van der Waals surface area contributed by atoms with Gasteiger partial charge >= 0.3 is 0 Å². The summed E-state index contributed by atoms with van der Waals surface area (Å²) in [7, 11) is 2.28. The van der Waals surface area contributed by atoms with Gasteiger partial charge in [0.2, 0.25) is 0 Å². The molecule has 1 aromatic carbocycles. The Morgan fingerprint density at radius 3 is 2.43 bits per heavy atom. The summed E-state index contributed by atoms with van der Waals surface area (Å²) in [5.41, 5.74) is 2.16. The molecular weight excluding hydrogens is 264 g/mol. The molecule has 2 bridgehead atoms. The van der Waals surface area contributed by atoms with Crippen molar-refractivity contribution in [2.24, 2.45) is 0 Å². The van der Waals surface area contributed by atoms with Crippen LogP contribution in [-0.2, 0) is 0 Å². The van der Waals surface area contributed by atoms with Crippen molar-refractivity contribution >= 4 is 5.69 Å². The quantitative estimate of drug-likeness (QED) is 0.929. The van der Waals surface area contributed by atoms with Gasteiger partial charge in [-0.25, -0.2) is 4.68 Å². The second kappa shape index (κ2) is 5.11. The fourth-order valence-corrected chi connectivity index (χ4v) is 3.76. The van der Waals surface area contributed by atoms with Crippen molar-refractivity contribution in [1.82, 2.24) is 25.1 Å². The molecule has 2 aliphatic heterocycles. The summed E-state index contributed by atoms with van der Waals surface area (Å²) >= 11 is 0. The summed E-state index contributed by atoms with van der Waals surface area (Å²) in [5, 5.41) is 14.9. The van der Waals surface area contributed by atoms with Gasteiger partial charge in [0, 0.05) is 23.8 Å². The van der Waals surface area contributed by atoms with E-state index < -0.39 is 0 Å². The molecule has 0 amide bonds. The van der Waals surface area contributed by atoms with E-state index in [2.05, 4.69) is 44.9 Å². The lowest BCUT2D eigenvalue weighted by atomic mass is 9.98. The molecule has 0 spiro atoms. The maximum Gasteiger partial charge on any atom is 0.143 e. The van der Waals surface area contributed by atoms with E-state index >= 15 is 0 Å². The molecule has 0 aliphatic carbocycles. The van der Waals surface area contributed by atoms with Gasteiger partial charge in [0.05, 0.1) is 5.69 Å². The SMILES string of the molecule is CN1C2CCC1CC(Nc1ccc(-n3cnnn3)cc1)C2. The Balaban J connectivity index is 1.44. The van der Waals surface area contributed by atoms with Gasteiger partial charge in [0.25, 0.3) is 0 Å². The predicted molar refractivity (Wildman–Crippen MR) is 80.4 cm³/mol. The Morgan fingerprint density at radius 2 is 1.81 bits per heavy atom. The Morgan fingerprint density at radius 1 is 1.10 bits per heavy atom. The van der Waals surface area contributed by atoms with E-state index in [0.717, 1.165) is 17.8 Å². The van der Waals surface area contributed by atoms with Gasteiger partial charge in [0.1, 0.15) is 6.33 Å². The number of hydrogen-bond donors (Lipinski definition) is 1. The van der Waals surface area contributed by atoms with Gasteiger partial charge < -0.3 is 10.2 Å². The third kappa shape index (κ3) is 2.40. The van der Waals surface area contributed by atoms with Gasteiger partial charge in [-0.2, -0.15) is 0 Å². The summed E-state index contributed by atoms with van der Waals surface area (Å²) < 4.78 is 1.67. The molecule has 2 saturated heterocycles. The molecule has 21 heavy (non-hydrogen) atoms. The summed E-state index contributed by atoms with van der Waals surface area (Å²) in [6, 6.07) is 10.4. The average Bonchev–Trinajstić information content (AvgIpc) is 3.08. The van der Waals surface area contributed by atoms with Crippen molar-refractivity contribution in [2.75, 3.05) is 12.4 Å². The topological polar surface area (TPSA) is 58.9 Å². The van der Waals surface area contributed by atoms with Crippen LogP contribution in [0.2, 0.25) is 0 Å². The van der Waals surface area contributed by atoms with E-state index in [0.29, 0.717) is 6.04 Å². The number of anilines is 1. The van der Waals surface area contributed by atoms with Gasteiger partial charge in [-0.15, -0.1) is 5.10 Å². The highest BCUT2D eigenvalue weighted by atomic mass is 15.5. The number of rotatable bonds is 3. The number of benzene rings is 1. The smallest absolute Gasteiger partial charge is 0.143 e. The molecule has 2 aliphatic rings. The minimum absolute atomic E-state index is 0.595. The van der Waals surface area contributed by atoms with Crippen LogP contribution in [0, 0.1) is 0 Å². The molecule has 0 radical (unpaired) electrons. The highest BCUT2D eigenvalue weighted by molar-refractivity contribution is 5.49. The van der Waals surface area contributed by atoms with E-state index in [-0.39, 0.29) is 0 Å². The Bertz CT molecular complexity index is 579. The molecule has 2 unspecified atom stereocenters. The molecule has 0 saturated carbocycles. The second-order valence-corrected chi connectivity index (χ2v) is 6.16. The molecule has 110 valence electrons. The van der Waals surface area contributed by atoms with Gasteiger partial charge in [-0.1, -0.05) is 0 Å². The molecule has 1 N–H and O–H groups in total. The van der Waals surface area contributed by atoms with E-state index in [1.807, 2.05) is 12.1 Å². The second-order valence-electron chi connectivity index (χ2n) is 6.16. The van der Waals surface area contributed by atoms with Crippen LogP contribution < -0.4 is 5.32 Å². The van der Waals surface area contributed by atoms with Crippen molar-refractivity contribution in [3.63, 3.8) is 0 Å². The molecule has 6 nitrogen and oxygen atoms in total. The third-order valence-corrected chi connectivity index (χ3v) is 4.95. The zero-order chi connectivity index (χ0) is 14.2. The fraction of sp³-hybridized carbons (Fsp3) is 0.533. The Labute approximate surface area is 124 Å². The Kier molecular flexibility index (Phi) is 3.11. The first kappa shape index (κ1) is 12.8. The molecule has 2 aromatic rings. The van der Waals surface area contributed by atoms with Crippen LogP contribution in [0.1, 0.15) is 25.7 Å². The minimum Gasteiger partial charge on any atom is -0.382 e. The zero-order valence-corrected chi connectivity index (χ0v) is 12.2. The summed E-state index contributed by atoms with van der Waals surface area (Å²) in [5.74, 6) is 0. The number of nitrogens with zero attached hydrogens (tertiary/aromatic N) is 5. The summed E-state index contributed by atoms with van der Waals surface area (Å²) in [6.07, 6.45) is 6.83. The first-order valence-corrected chi connectivity index (χ1v) is 7.61. The zero-order valence-electron chi connectivity index (χ0n) is 12.2. The molecule has 1 aromatic heterocycles. The van der Waals surface area contributed by atoms with Gasteiger partial charge in [0.15, 0.2) is 0 Å². The highest BCUT2D eigenvalue weighted by Gasteiger charge is 2.38. The Hall–Kier alpha value is -1.95. The van der Waals surface area contributed by atoms with Crippen molar-refractivity contribution in [1.29, 1.82) is 0 Å². The number of aromatic nitrogens is 4. The highest BCUT2D eigenvalue weighted by Crippen LogP contribution is 2.35. The summed E-state index contributed by atoms with van der Waals surface area (Å²) in [4.78, 5) is 2.57. The number of nitrogens with one attached hydrogen (secondary N) is 1. The molecule has 3 heterocycles. The lowest BCUT2D eigenvalue weighted by molar-refractivity contribution is 0.169. The average molecular weight is 284 g/mol. The van der Waals surface area contributed by atoms with Gasteiger partial charge in [-0.05, 0) is 67.4 Å². The molecule has 2 fully saturated rings. The van der Waals surface area contributed by atoms with E-state index in [1.165, 1.54) is 31.4 Å².